The fourth-order valence-corrected chi connectivity index (χ4v) is 9.57. The SMILES string of the molecule is CC1(C)S[C@@H]2[C@H](NC(=O)C(N=[N+]=[N-])c3ccccc3)C(=O)N2[C@H]1C(=O)OCOC(=O)[C@@H]1N2C(=O)C[C@H]2S(=O)(=O)C1(C)C. The van der Waals surface area contributed by atoms with E-state index in [0.29, 0.717) is 5.56 Å². The Balaban J connectivity index is 1.21. The maximum atomic E-state index is 13.1. The Labute approximate surface area is 244 Å². The zero-order valence-corrected chi connectivity index (χ0v) is 24.6. The molecule has 42 heavy (non-hydrogen) atoms. The van der Waals surface area contributed by atoms with Gasteiger partial charge in [0.05, 0.1) is 11.2 Å². The molecule has 5 rings (SSSR count). The molecule has 15 nitrogen and oxygen atoms in total. The predicted molar refractivity (Wildman–Crippen MR) is 145 cm³/mol. The van der Waals surface area contributed by atoms with E-state index < -0.39 is 90.7 Å². The number of sulfone groups is 1. The van der Waals surface area contributed by atoms with E-state index in [-0.39, 0.29) is 6.42 Å². The van der Waals surface area contributed by atoms with Crippen molar-refractivity contribution in [1.82, 2.24) is 15.1 Å². The van der Waals surface area contributed by atoms with Crippen molar-refractivity contribution in [1.29, 1.82) is 0 Å². The number of esters is 2. The molecular formula is C25H28N6O9S2. The van der Waals surface area contributed by atoms with Crippen LogP contribution in [0.3, 0.4) is 0 Å². The molecule has 4 aliphatic heterocycles. The van der Waals surface area contributed by atoms with Crippen molar-refractivity contribution in [3.05, 3.63) is 46.3 Å². The second-order valence-corrected chi connectivity index (χ2v) is 15.8. The second-order valence-electron chi connectivity index (χ2n) is 11.3. The number of rotatable bonds is 8. The van der Waals surface area contributed by atoms with Crippen molar-refractivity contribution >= 4 is 51.3 Å². The summed E-state index contributed by atoms with van der Waals surface area (Å²) in [4.78, 5) is 69.0. The number of nitrogens with one attached hydrogen (secondary N) is 1. The van der Waals surface area contributed by atoms with Gasteiger partial charge >= 0.3 is 11.9 Å². The summed E-state index contributed by atoms with van der Waals surface area (Å²) in [5.74, 6) is -3.60. The normalized spacial score (nSPS) is 30.0. The van der Waals surface area contributed by atoms with Crippen LogP contribution in [-0.4, -0.2) is 93.0 Å². The van der Waals surface area contributed by atoms with Crippen LogP contribution >= 0.6 is 11.8 Å². The lowest BCUT2D eigenvalue weighted by molar-refractivity contribution is -0.181. The number of benzene rings is 1. The zero-order chi connectivity index (χ0) is 30.8. The molecule has 1 N–H and O–H groups in total. The first kappa shape index (κ1) is 29.7. The fraction of sp³-hybridized carbons (Fsp3) is 0.560. The molecule has 4 saturated heterocycles. The molecule has 17 heteroatoms. The monoisotopic (exact) mass is 620 g/mol. The molecule has 224 valence electrons. The largest absolute Gasteiger partial charge is 0.426 e. The molecule has 1 aromatic carbocycles. The standard InChI is InChI=1S/C25H28N6O9S2/c1-24(2)17(22(35)39-11-40-23(36)18-25(3,4)42(37,38)14-10-13(32)30(14)18)31-20(34)16(21(31)41-24)27-19(33)15(28-29-26)12-8-6-5-7-9-12/h5-9,14-18,21H,10-11H2,1-4H3,(H,27,33)/t14-,15?,16-,17+,18+,21-/m1/s1. The highest BCUT2D eigenvalue weighted by Crippen LogP contribution is 2.51. The van der Waals surface area contributed by atoms with Crippen LogP contribution in [0, 0.1) is 0 Å². The smallest absolute Gasteiger partial charge is 0.333 e. The van der Waals surface area contributed by atoms with Gasteiger partial charge in [-0.25, -0.2) is 18.0 Å². The average Bonchev–Trinajstić information content (AvgIpc) is 3.25. The number of carbonyl (C=O) groups is 5. The lowest BCUT2D eigenvalue weighted by atomic mass is 9.95. The molecule has 0 spiro atoms. The van der Waals surface area contributed by atoms with E-state index in [0.717, 1.165) is 4.90 Å². The van der Waals surface area contributed by atoms with Gasteiger partial charge in [0.2, 0.25) is 24.5 Å². The molecule has 1 aromatic rings. The van der Waals surface area contributed by atoms with E-state index >= 15 is 0 Å². The van der Waals surface area contributed by atoms with E-state index in [2.05, 4.69) is 15.3 Å². The molecule has 4 heterocycles. The Morgan fingerprint density at radius 3 is 2.31 bits per heavy atom. The number of ether oxygens (including phenoxy) is 2. The molecule has 0 radical (unpaired) electrons. The Morgan fingerprint density at radius 2 is 1.71 bits per heavy atom. The Bertz CT molecular complexity index is 1530. The topological polar surface area (TPSA) is 205 Å². The van der Waals surface area contributed by atoms with Gasteiger partial charge in [0.1, 0.15) is 34.9 Å². The van der Waals surface area contributed by atoms with Crippen LogP contribution in [0.15, 0.2) is 35.4 Å². The number of β-lactam (4-membered cyclic amide) rings is 2. The highest BCUT2D eigenvalue weighted by molar-refractivity contribution is 8.01. The molecular weight excluding hydrogens is 592 g/mol. The second kappa shape index (κ2) is 10.2. The van der Waals surface area contributed by atoms with E-state index in [4.69, 9.17) is 15.0 Å². The highest BCUT2D eigenvalue weighted by Gasteiger charge is 2.68. The summed E-state index contributed by atoms with van der Waals surface area (Å²) in [5, 5.41) is 4.48. The average molecular weight is 621 g/mol. The molecule has 4 aliphatic rings. The Morgan fingerprint density at radius 1 is 1.10 bits per heavy atom. The summed E-state index contributed by atoms with van der Waals surface area (Å²) in [5.41, 5.74) is 9.39. The summed E-state index contributed by atoms with van der Waals surface area (Å²) in [6, 6.07) is 3.68. The van der Waals surface area contributed by atoms with Crippen LogP contribution in [0.1, 0.15) is 45.7 Å². The van der Waals surface area contributed by atoms with Gasteiger partial charge in [0, 0.05) is 9.66 Å². The minimum Gasteiger partial charge on any atom is -0.426 e. The van der Waals surface area contributed by atoms with Crippen LogP contribution in [0.5, 0.6) is 0 Å². The first-order valence-electron chi connectivity index (χ1n) is 12.9. The maximum Gasteiger partial charge on any atom is 0.333 e. The van der Waals surface area contributed by atoms with Crippen LogP contribution in [-0.2, 0) is 43.3 Å². The zero-order valence-electron chi connectivity index (χ0n) is 23.0. The van der Waals surface area contributed by atoms with Crippen molar-refractivity contribution in [3.63, 3.8) is 0 Å². The van der Waals surface area contributed by atoms with Gasteiger partial charge in [-0.2, -0.15) is 0 Å². The number of azide groups is 1. The van der Waals surface area contributed by atoms with E-state index in [1.54, 1.807) is 44.2 Å². The van der Waals surface area contributed by atoms with Crippen molar-refractivity contribution in [3.8, 4) is 0 Å². The number of nitrogens with zero attached hydrogens (tertiary/aromatic N) is 5. The minimum atomic E-state index is -3.82. The van der Waals surface area contributed by atoms with Gasteiger partial charge in [0.15, 0.2) is 9.84 Å². The number of hydrogen-bond acceptors (Lipinski definition) is 11. The first-order chi connectivity index (χ1) is 19.6. The third kappa shape index (κ3) is 4.37. The summed E-state index contributed by atoms with van der Waals surface area (Å²) < 4.78 is 33.3. The number of fused-ring (bicyclic) bond motifs is 2. The van der Waals surface area contributed by atoms with E-state index in [9.17, 15) is 32.4 Å². The van der Waals surface area contributed by atoms with Crippen LogP contribution < -0.4 is 5.32 Å². The van der Waals surface area contributed by atoms with Crippen molar-refractivity contribution in [2.45, 2.75) is 78.5 Å². The van der Waals surface area contributed by atoms with Crippen molar-refractivity contribution in [2.75, 3.05) is 6.79 Å². The summed E-state index contributed by atoms with van der Waals surface area (Å²) >= 11 is 1.26. The Hall–Kier alpha value is -3.82. The van der Waals surface area contributed by atoms with E-state index in [1.165, 1.54) is 30.5 Å². The number of thioether (sulfide) groups is 1. The lowest BCUT2D eigenvalue weighted by Crippen LogP contribution is -2.71. The van der Waals surface area contributed by atoms with Gasteiger partial charge in [0.25, 0.3) is 0 Å². The minimum absolute atomic E-state index is 0.204. The number of amides is 3. The van der Waals surface area contributed by atoms with Crippen LogP contribution in [0.25, 0.3) is 10.4 Å². The molecule has 0 aliphatic carbocycles. The molecule has 0 aromatic heterocycles. The van der Waals surface area contributed by atoms with Gasteiger partial charge in [-0.1, -0.05) is 35.4 Å². The number of hydrogen-bond donors (Lipinski definition) is 1. The van der Waals surface area contributed by atoms with Crippen molar-refractivity contribution < 1.29 is 41.9 Å². The first-order valence-corrected chi connectivity index (χ1v) is 15.3. The van der Waals surface area contributed by atoms with Crippen LogP contribution in [0.2, 0.25) is 0 Å². The summed E-state index contributed by atoms with van der Waals surface area (Å²) in [6.07, 6.45) is -0.204. The summed E-state index contributed by atoms with van der Waals surface area (Å²) in [7, 11) is -3.82. The highest BCUT2D eigenvalue weighted by atomic mass is 32.2. The van der Waals surface area contributed by atoms with Gasteiger partial charge in [-0.05, 0) is 38.8 Å². The Kier molecular flexibility index (Phi) is 7.18. The van der Waals surface area contributed by atoms with Crippen LogP contribution in [0.4, 0.5) is 0 Å². The van der Waals surface area contributed by atoms with Gasteiger partial charge in [-0.3, -0.25) is 14.4 Å². The quantitative estimate of drug-likeness (QED) is 0.108. The molecule has 3 amide bonds. The lowest BCUT2D eigenvalue weighted by Gasteiger charge is -2.44. The molecule has 0 saturated carbocycles. The van der Waals surface area contributed by atoms with Crippen molar-refractivity contribution in [2.24, 2.45) is 5.11 Å². The third-order valence-electron chi connectivity index (χ3n) is 8.09. The predicted octanol–water partition coefficient (Wildman–Crippen LogP) is 0.763. The summed E-state index contributed by atoms with van der Waals surface area (Å²) in [6.45, 7) is 5.25. The van der Waals surface area contributed by atoms with Gasteiger partial charge in [-0.15, -0.1) is 11.8 Å². The maximum absolute atomic E-state index is 13.1. The molecule has 4 fully saturated rings. The van der Waals surface area contributed by atoms with Gasteiger partial charge < -0.3 is 24.6 Å². The molecule has 0 bridgehead atoms. The molecule has 1 unspecified atom stereocenters. The fourth-order valence-electron chi connectivity index (χ4n) is 5.83. The third-order valence-corrected chi connectivity index (χ3v) is 12.5. The van der Waals surface area contributed by atoms with E-state index in [1.807, 2.05) is 0 Å². The molecule has 6 atom stereocenters. The number of carbonyl (C=O) groups excluding carboxylic acids is 5.